The minimum atomic E-state index is 0.559. The van der Waals surface area contributed by atoms with Gasteiger partial charge in [-0.05, 0) is 65.6 Å². The van der Waals surface area contributed by atoms with Crippen LogP contribution in [0.5, 0.6) is 0 Å². The highest BCUT2D eigenvalue weighted by atomic mass is 15.2. The molecule has 148 valence electrons. The third-order valence-electron chi connectivity index (χ3n) is 5.24. The lowest BCUT2D eigenvalue weighted by molar-refractivity contribution is 0.380. The second kappa shape index (κ2) is 9.33. The smallest absolute Gasteiger partial charge is 0.128 e. The van der Waals surface area contributed by atoms with E-state index < -0.39 is 0 Å². The molecule has 2 aromatic heterocycles. The van der Waals surface area contributed by atoms with E-state index in [2.05, 4.69) is 70.8 Å². The largest absolute Gasteiger partial charge is 0.357 e. The summed E-state index contributed by atoms with van der Waals surface area (Å²) in [7, 11) is 8.43. The van der Waals surface area contributed by atoms with Gasteiger partial charge in [0, 0.05) is 50.7 Å². The van der Waals surface area contributed by atoms with E-state index in [1.54, 1.807) is 0 Å². The molecule has 0 spiro atoms. The lowest BCUT2D eigenvalue weighted by atomic mass is 9.96. The van der Waals surface area contributed by atoms with Crippen LogP contribution in [0.4, 0.5) is 5.82 Å². The molecule has 27 heavy (non-hydrogen) atoms. The molecule has 1 saturated heterocycles. The Hall–Kier alpha value is -1.92. The summed E-state index contributed by atoms with van der Waals surface area (Å²) < 4.78 is 2.36. The number of aromatic nitrogens is 3. The van der Waals surface area contributed by atoms with Crippen molar-refractivity contribution in [1.29, 1.82) is 0 Å². The van der Waals surface area contributed by atoms with E-state index in [1.807, 2.05) is 12.4 Å². The van der Waals surface area contributed by atoms with E-state index in [-0.39, 0.29) is 0 Å². The van der Waals surface area contributed by atoms with E-state index in [0.717, 1.165) is 51.4 Å². The number of imidazole rings is 1. The van der Waals surface area contributed by atoms with Gasteiger partial charge in [0.1, 0.15) is 11.6 Å². The maximum absolute atomic E-state index is 4.69. The molecular weight excluding hydrogens is 336 g/mol. The first-order valence-electron chi connectivity index (χ1n) is 10.0. The van der Waals surface area contributed by atoms with Crippen LogP contribution in [0.25, 0.3) is 0 Å². The Morgan fingerprint density at radius 3 is 2.44 bits per heavy atom. The molecule has 0 N–H and O–H groups in total. The molecule has 2 aromatic rings. The van der Waals surface area contributed by atoms with Crippen LogP contribution < -0.4 is 4.90 Å². The molecule has 0 aromatic carbocycles. The van der Waals surface area contributed by atoms with Gasteiger partial charge < -0.3 is 19.3 Å². The second-order valence-corrected chi connectivity index (χ2v) is 8.16. The summed E-state index contributed by atoms with van der Waals surface area (Å²) in [5.41, 5.74) is 1.26. The van der Waals surface area contributed by atoms with Crippen molar-refractivity contribution >= 4 is 5.82 Å². The summed E-state index contributed by atoms with van der Waals surface area (Å²) in [6.45, 7) is 5.21. The lowest BCUT2D eigenvalue weighted by Crippen LogP contribution is -2.34. The number of piperidine rings is 1. The Bertz CT molecular complexity index is 683. The number of anilines is 1. The molecule has 0 aliphatic carbocycles. The molecule has 0 amide bonds. The summed E-state index contributed by atoms with van der Waals surface area (Å²) in [5, 5.41) is 0. The summed E-state index contributed by atoms with van der Waals surface area (Å²) in [4.78, 5) is 16.2. The van der Waals surface area contributed by atoms with Crippen LogP contribution in [0, 0.1) is 0 Å². The predicted octanol–water partition coefficient (Wildman–Crippen LogP) is 2.68. The quantitative estimate of drug-likeness (QED) is 0.714. The first kappa shape index (κ1) is 19.8. The number of aryl methyl sites for hydroxylation is 1. The normalized spacial score (nSPS) is 15.9. The monoisotopic (exact) mass is 370 g/mol. The fourth-order valence-electron chi connectivity index (χ4n) is 3.86. The van der Waals surface area contributed by atoms with Crippen molar-refractivity contribution in [3.05, 3.63) is 42.1 Å². The summed E-state index contributed by atoms with van der Waals surface area (Å²) in [6, 6.07) is 4.37. The van der Waals surface area contributed by atoms with Crippen LogP contribution in [0.3, 0.4) is 0 Å². The SMILES string of the molecule is CN(C)CCCn1ccnc1C1CCN(c2ccc(CN(C)C)cn2)CC1. The van der Waals surface area contributed by atoms with Crippen LogP contribution in [0.1, 0.15) is 36.6 Å². The van der Waals surface area contributed by atoms with Crippen molar-refractivity contribution in [2.75, 3.05) is 52.7 Å². The van der Waals surface area contributed by atoms with Gasteiger partial charge in [-0.1, -0.05) is 6.07 Å². The molecule has 6 nitrogen and oxygen atoms in total. The van der Waals surface area contributed by atoms with Crippen molar-refractivity contribution < 1.29 is 0 Å². The molecule has 0 radical (unpaired) electrons. The van der Waals surface area contributed by atoms with Crippen molar-refractivity contribution in [3.63, 3.8) is 0 Å². The van der Waals surface area contributed by atoms with Gasteiger partial charge in [0.05, 0.1) is 0 Å². The third kappa shape index (κ3) is 5.53. The first-order chi connectivity index (χ1) is 13.0. The van der Waals surface area contributed by atoms with Crippen LogP contribution >= 0.6 is 0 Å². The van der Waals surface area contributed by atoms with Crippen LogP contribution in [-0.4, -0.2) is 72.2 Å². The van der Waals surface area contributed by atoms with Gasteiger partial charge in [0.25, 0.3) is 0 Å². The van der Waals surface area contributed by atoms with E-state index >= 15 is 0 Å². The summed E-state index contributed by atoms with van der Waals surface area (Å²) in [6.07, 6.45) is 9.57. The summed E-state index contributed by atoms with van der Waals surface area (Å²) in [5.74, 6) is 2.93. The van der Waals surface area contributed by atoms with Crippen molar-refractivity contribution in [1.82, 2.24) is 24.3 Å². The fraction of sp³-hybridized carbons (Fsp3) is 0.619. The molecule has 6 heteroatoms. The number of nitrogens with zero attached hydrogens (tertiary/aromatic N) is 6. The topological polar surface area (TPSA) is 40.4 Å². The van der Waals surface area contributed by atoms with Crippen molar-refractivity contribution in [3.8, 4) is 0 Å². The van der Waals surface area contributed by atoms with Gasteiger partial charge in [0.15, 0.2) is 0 Å². The van der Waals surface area contributed by atoms with Gasteiger partial charge in [-0.25, -0.2) is 9.97 Å². The molecule has 1 fully saturated rings. The molecule has 3 heterocycles. The average Bonchev–Trinajstić information content (AvgIpc) is 3.10. The highest BCUT2D eigenvalue weighted by Crippen LogP contribution is 2.29. The molecule has 3 rings (SSSR count). The minimum Gasteiger partial charge on any atom is -0.357 e. The van der Waals surface area contributed by atoms with Gasteiger partial charge in [-0.2, -0.15) is 0 Å². The maximum Gasteiger partial charge on any atom is 0.128 e. The van der Waals surface area contributed by atoms with Gasteiger partial charge in [-0.15, -0.1) is 0 Å². The van der Waals surface area contributed by atoms with Gasteiger partial charge in [0.2, 0.25) is 0 Å². The first-order valence-corrected chi connectivity index (χ1v) is 10.0. The predicted molar refractivity (Wildman–Crippen MR) is 111 cm³/mol. The molecule has 0 unspecified atom stereocenters. The number of pyridine rings is 1. The fourth-order valence-corrected chi connectivity index (χ4v) is 3.86. The number of rotatable bonds is 8. The molecule has 0 bridgehead atoms. The van der Waals surface area contributed by atoms with Crippen LogP contribution in [0.15, 0.2) is 30.7 Å². The number of hydrogen-bond acceptors (Lipinski definition) is 5. The Kier molecular flexibility index (Phi) is 6.85. The molecule has 1 aliphatic heterocycles. The second-order valence-electron chi connectivity index (χ2n) is 8.16. The average molecular weight is 371 g/mol. The zero-order chi connectivity index (χ0) is 19.2. The molecular formula is C21H34N6. The van der Waals surface area contributed by atoms with Crippen LogP contribution in [0.2, 0.25) is 0 Å². The van der Waals surface area contributed by atoms with E-state index in [0.29, 0.717) is 5.92 Å². The third-order valence-corrected chi connectivity index (χ3v) is 5.24. The van der Waals surface area contributed by atoms with Crippen LogP contribution in [-0.2, 0) is 13.1 Å². The van der Waals surface area contributed by atoms with Gasteiger partial charge >= 0.3 is 0 Å². The zero-order valence-electron chi connectivity index (χ0n) is 17.3. The van der Waals surface area contributed by atoms with E-state index in [4.69, 9.17) is 4.98 Å². The Morgan fingerprint density at radius 2 is 1.81 bits per heavy atom. The highest BCUT2D eigenvalue weighted by molar-refractivity contribution is 5.40. The van der Waals surface area contributed by atoms with E-state index in [1.165, 1.54) is 17.8 Å². The Labute approximate surface area is 163 Å². The van der Waals surface area contributed by atoms with Crippen molar-refractivity contribution in [2.24, 2.45) is 0 Å². The maximum atomic E-state index is 4.69. The lowest BCUT2D eigenvalue weighted by Gasteiger charge is -2.32. The molecule has 0 saturated carbocycles. The van der Waals surface area contributed by atoms with Crippen molar-refractivity contribution in [2.45, 2.75) is 38.3 Å². The minimum absolute atomic E-state index is 0.559. The zero-order valence-corrected chi connectivity index (χ0v) is 17.3. The summed E-state index contributed by atoms with van der Waals surface area (Å²) >= 11 is 0. The van der Waals surface area contributed by atoms with Gasteiger partial charge in [-0.3, -0.25) is 0 Å². The standard InChI is InChI=1S/C21H34N6/c1-24(2)11-5-12-27-15-10-22-21(27)19-8-13-26(14-9-19)20-7-6-18(16-23-20)17-25(3)4/h6-7,10,15-16,19H,5,8-9,11-14,17H2,1-4H3. The molecule has 0 atom stereocenters. The highest BCUT2D eigenvalue weighted by Gasteiger charge is 2.24. The molecule has 1 aliphatic rings. The Balaban J connectivity index is 1.54. The van der Waals surface area contributed by atoms with E-state index in [9.17, 15) is 0 Å². The Morgan fingerprint density at radius 1 is 1.04 bits per heavy atom. The number of hydrogen-bond donors (Lipinski definition) is 0.